The van der Waals surface area contributed by atoms with Gasteiger partial charge in [-0.25, -0.2) is 5.84 Å². The number of hydrogen-bond donors (Lipinski definition) is 3. The highest BCUT2D eigenvalue weighted by atomic mass is 16.5. The lowest BCUT2D eigenvalue weighted by Crippen LogP contribution is -2.60. The van der Waals surface area contributed by atoms with E-state index in [-0.39, 0.29) is 0 Å². The van der Waals surface area contributed by atoms with Gasteiger partial charge in [0, 0.05) is 37.2 Å². The second kappa shape index (κ2) is 11.2. The van der Waals surface area contributed by atoms with Crippen LogP contribution in [0.5, 0.6) is 0 Å². The van der Waals surface area contributed by atoms with Crippen molar-refractivity contribution < 1.29 is 4.74 Å². The number of aromatic nitrogens is 2. The third-order valence-corrected chi connectivity index (χ3v) is 8.10. The highest BCUT2D eigenvalue weighted by Crippen LogP contribution is 2.37. The molecule has 0 bridgehead atoms. The zero-order valence-corrected chi connectivity index (χ0v) is 21.3. The number of hydrogen-bond acceptors (Lipinski definition) is 8. The number of anilines is 1. The molecule has 2 saturated heterocycles. The van der Waals surface area contributed by atoms with Crippen LogP contribution in [0.3, 0.4) is 0 Å². The Hall–Kier alpha value is -2.68. The van der Waals surface area contributed by atoms with Gasteiger partial charge in [-0.15, -0.1) is 0 Å². The molecule has 6 N–H and O–H groups in total. The fourth-order valence-electron chi connectivity index (χ4n) is 5.01. The Labute approximate surface area is 214 Å². The van der Waals surface area contributed by atoms with E-state index in [9.17, 15) is 0 Å². The first-order valence-corrected chi connectivity index (χ1v) is 13.5. The number of nitrogens with two attached hydrogens (primary N) is 3. The van der Waals surface area contributed by atoms with Gasteiger partial charge < -0.3 is 21.1 Å². The Morgan fingerprint density at radius 3 is 2.36 bits per heavy atom. The van der Waals surface area contributed by atoms with E-state index in [1.807, 2.05) is 12.4 Å². The number of nitrogens with zero attached hydrogens (tertiary/aromatic N) is 4. The summed E-state index contributed by atoms with van der Waals surface area (Å²) in [5, 5.41) is 1.67. The molecule has 0 radical (unpaired) electrons. The third kappa shape index (κ3) is 5.51. The third-order valence-electron chi connectivity index (χ3n) is 8.10. The summed E-state index contributed by atoms with van der Waals surface area (Å²) in [6, 6.07) is 6.38. The average Bonchev–Trinajstić information content (AvgIpc) is 3.69. The second-order valence-corrected chi connectivity index (χ2v) is 10.8. The van der Waals surface area contributed by atoms with E-state index >= 15 is 0 Å². The van der Waals surface area contributed by atoms with Crippen molar-refractivity contribution in [2.75, 3.05) is 37.7 Å². The van der Waals surface area contributed by atoms with Crippen LogP contribution in [0.1, 0.15) is 74.1 Å². The first-order valence-electron chi connectivity index (χ1n) is 13.5. The number of ether oxygens (including phenoxy) is 1. The SMILES string of the molecule is N/C(=C\N(N)C1(c2ccc(N3CCCCC3)cn2)COC1)c1cncc(C2CCC2)c1.NCC1CC1. The zero-order valence-electron chi connectivity index (χ0n) is 21.3. The van der Waals surface area contributed by atoms with Crippen LogP contribution in [0.15, 0.2) is 43.0 Å². The minimum atomic E-state index is -0.496. The molecule has 4 aliphatic rings. The van der Waals surface area contributed by atoms with Crippen LogP contribution >= 0.6 is 0 Å². The van der Waals surface area contributed by atoms with E-state index in [0.717, 1.165) is 36.8 Å². The van der Waals surface area contributed by atoms with E-state index in [1.54, 1.807) is 17.4 Å². The monoisotopic (exact) mass is 491 g/mol. The standard InChI is InChI=1S/C24H32N6O.C4H9N/c25-22(20-11-19(12-27-13-20)18-5-4-6-18)15-30(26)24(16-31-17-24)23-8-7-21(14-28-23)29-9-2-1-3-10-29;5-3-4-1-2-4/h7-8,11-15,18H,1-6,9-10,16-17,25-26H2;4H,1-3,5H2/b22-15-;. The van der Waals surface area contributed by atoms with E-state index < -0.39 is 5.54 Å². The molecule has 194 valence electrons. The lowest BCUT2D eigenvalue weighted by Gasteiger charge is -2.46. The largest absolute Gasteiger partial charge is 0.397 e. The van der Waals surface area contributed by atoms with Gasteiger partial charge in [-0.05, 0) is 87.1 Å². The highest BCUT2D eigenvalue weighted by molar-refractivity contribution is 5.62. The van der Waals surface area contributed by atoms with Gasteiger partial charge in [-0.3, -0.25) is 15.0 Å². The molecule has 2 aliphatic heterocycles. The van der Waals surface area contributed by atoms with Gasteiger partial charge in [-0.1, -0.05) is 6.42 Å². The van der Waals surface area contributed by atoms with Crippen molar-refractivity contribution in [1.82, 2.24) is 15.0 Å². The van der Waals surface area contributed by atoms with Crippen molar-refractivity contribution in [3.8, 4) is 0 Å². The molecule has 4 heterocycles. The van der Waals surface area contributed by atoms with Gasteiger partial charge >= 0.3 is 0 Å². The van der Waals surface area contributed by atoms with Gasteiger partial charge in [0.05, 0.1) is 36.5 Å². The van der Waals surface area contributed by atoms with Gasteiger partial charge in [0.1, 0.15) is 5.54 Å². The van der Waals surface area contributed by atoms with E-state index in [1.165, 1.54) is 62.6 Å². The summed E-state index contributed by atoms with van der Waals surface area (Å²) in [5.41, 5.74) is 16.0. The molecule has 6 rings (SSSR count). The molecule has 2 aliphatic carbocycles. The summed E-state index contributed by atoms with van der Waals surface area (Å²) < 4.78 is 5.57. The van der Waals surface area contributed by atoms with Crippen molar-refractivity contribution in [3.05, 3.63) is 59.8 Å². The molecule has 0 aromatic carbocycles. The first kappa shape index (κ1) is 25.0. The van der Waals surface area contributed by atoms with Gasteiger partial charge in [0.25, 0.3) is 0 Å². The molecular weight excluding hydrogens is 450 g/mol. The Morgan fingerprint density at radius 2 is 1.83 bits per heavy atom. The Balaban J connectivity index is 0.000000477. The molecule has 8 nitrogen and oxygen atoms in total. The topological polar surface area (TPSA) is 120 Å². The van der Waals surface area contributed by atoms with Crippen LogP contribution < -0.4 is 22.2 Å². The summed E-state index contributed by atoms with van der Waals surface area (Å²) >= 11 is 0. The molecule has 2 saturated carbocycles. The molecule has 2 aromatic heterocycles. The molecule has 0 atom stereocenters. The number of hydrazine groups is 1. The van der Waals surface area contributed by atoms with Crippen LogP contribution in [0.2, 0.25) is 0 Å². The molecule has 36 heavy (non-hydrogen) atoms. The molecule has 0 amide bonds. The average molecular weight is 492 g/mol. The molecule has 0 spiro atoms. The fourth-order valence-corrected chi connectivity index (χ4v) is 5.01. The summed E-state index contributed by atoms with van der Waals surface area (Å²) in [6.45, 7) is 4.10. The number of pyridine rings is 2. The first-order chi connectivity index (χ1) is 17.6. The van der Waals surface area contributed by atoms with Gasteiger partial charge in [0.2, 0.25) is 0 Å². The van der Waals surface area contributed by atoms with Crippen molar-refractivity contribution in [2.24, 2.45) is 23.2 Å². The van der Waals surface area contributed by atoms with Gasteiger partial charge in [0.15, 0.2) is 0 Å². The molecular formula is C28H41N7O. The summed E-state index contributed by atoms with van der Waals surface area (Å²) in [6.07, 6.45) is 17.9. The summed E-state index contributed by atoms with van der Waals surface area (Å²) in [5.74, 6) is 8.05. The Morgan fingerprint density at radius 1 is 1.06 bits per heavy atom. The second-order valence-electron chi connectivity index (χ2n) is 10.8. The minimum Gasteiger partial charge on any atom is -0.397 e. The van der Waals surface area contributed by atoms with Crippen LogP contribution in [0.25, 0.3) is 5.70 Å². The maximum Gasteiger partial charge on any atom is 0.143 e. The maximum absolute atomic E-state index is 6.53. The molecule has 8 heteroatoms. The minimum absolute atomic E-state index is 0.490. The number of piperidine rings is 1. The lowest BCUT2D eigenvalue weighted by atomic mass is 9.80. The van der Waals surface area contributed by atoms with Crippen LogP contribution in [-0.2, 0) is 10.3 Å². The predicted octanol–water partition coefficient (Wildman–Crippen LogP) is 3.45. The number of rotatable bonds is 7. The summed E-state index contributed by atoms with van der Waals surface area (Å²) in [4.78, 5) is 11.6. The van der Waals surface area contributed by atoms with Crippen LogP contribution in [0.4, 0.5) is 5.69 Å². The normalized spacial score (nSPS) is 21.6. The predicted molar refractivity (Wildman–Crippen MR) is 144 cm³/mol. The van der Waals surface area contributed by atoms with Gasteiger partial charge in [-0.2, -0.15) is 0 Å². The Bertz CT molecular complexity index is 1020. The Kier molecular flexibility index (Phi) is 7.74. The van der Waals surface area contributed by atoms with E-state index in [0.29, 0.717) is 24.8 Å². The fraction of sp³-hybridized carbons (Fsp3) is 0.571. The van der Waals surface area contributed by atoms with Crippen molar-refractivity contribution in [2.45, 2.75) is 62.8 Å². The van der Waals surface area contributed by atoms with E-state index in [2.05, 4.69) is 28.1 Å². The zero-order chi connectivity index (χ0) is 25.0. The van der Waals surface area contributed by atoms with Crippen LogP contribution in [0, 0.1) is 5.92 Å². The van der Waals surface area contributed by atoms with Crippen molar-refractivity contribution >= 4 is 11.4 Å². The van der Waals surface area contributed by atoms with Crippen molar-refractivity contribution in [1.29, 1.82) is 0 Å². The van der Waals surface area contributed by atoms with E-state index in [4.69, 9.17) is 27.0 Å². The lowest BCUT2D eigenvalue weighted by molar-refractivity contribution is -0.133. The molecule has 0 unspecified atom stereocenters. The molecule has 2 aromatic rings. The highest BCUT2D eigenvalue weighted by Gasteiger charge is 2.45. The smallest absolute Gasteiger partial charge is 0.143 e. The van der Waals surface area contributed by atoms with Crippen LogP contribution in [-0.4, -0.2) is 47.8 Å². The molecule has 4 fully saturated rings. The van der Waals surface area contributed by atoms with Crippen molar-refractivity contribution in [3.63, 3.8) is 0 Å². The quantitative estimate of drug-likeness (QED) is 0.398. The summed E-state index contributed by atoms with van der Waals surface area (Å²) in [7, 11) is 0. The maximum atomic E-state index is 6.53.